The van der Waals surface area contributed by atoms with Gasteiger partial charge >= 0.3 is 0 Å². The van der Waals surface area contributed by atoms with Crippen molar-refractivity contribution in [3.63, 3.8) is 0 Å². The van der Waals surface area contributed by atoms with Gasteiger partial charge in [-0.05, 0) is 84.0 Å². The molecule has 0 fully saturated rings. The lowest BCUT2D eigenvalue weighted by molar-refractivity contribution is -0.117. The predicted molar refractivity (Wildman–Crippen MR) is 110 cm³/mol. The van der Waals surface area contributed by atoms with Crippen molar-refractivity contribution in [3.8, 4) is 0 Å². The van der Waals surface area contributed by atoms with Crippen LogP contribution in [0, 0.1) is 16.3 Å². The number of hydrogen-bond acceptors (Lipinski definition) is 3. The van der Waals surface area contributed by atoms with Gasteiger partial charge in [0.25, 0.3) is 0 Å². The highest BCUT2D eigenvalue weighted by Crippen LogP contribution is 2.24. The molecule has 1 atom stereocenters. The molecule has 0 aromatic heterocycles. The zero-order chi connectivity index (χ0) is 19.5. The highest BCUT2D eigenvalue weighted by Gasteiger charge is 2.31. The van der Waals surface area contributed by atoms with Crippen LogP contribution in [0.4, 0.5) is 15.8 Å². The van der Waals surface area contributed by atoms with E-state index in [1.807, 2.05) is 19.1 Å². The summed E-state index contributed by atoms with van der Waals surface area (Å²) in [6, 6.07) is 9.65. The van der Waals surface area contributed by atoms with Gasteiger partial charge in [0, 0.05) is 9.26 Å². The van der Waals surface area contributed by atoms with Crippen LogP contribution < -0.4 is 9.62 Å². The van der Waals surface area contributed by atoms with Gasteiger partial charge < -0.3 is 5.32 Å². The monoisotopic (exact) mass is 490 g/mol. The Balaban J connectivity index is 2.38. The molecule has 5 nitrogen and oxygen atoms in total. The van der Waals surface area contributed by atoms with E-state index in [0.717, 1.165) is 19.7 Å². The van der Waals surface area contributed by atoms with E-state index in [1.54, 1.807) is 13.0 Å². The van der Waals surface area contributed by atoms with Crippen molar-refractivity contribution in [1.82, 2.24) is 0 Å². The SMILES string of the molecule is CC[C@@H](C(=O)Nc1ccc(I)cc1C)N(c1ccc(F)cc1)S(C)(=O)=O. The second kappa shape index (κ2) is 8.34. The molecule has 0 spiro atoms. The molecule has 140 valence electrons. The fourth-order valence-corrected chi connectivity index (χ4v) is 4.49. The molecule has 1 amide bonds. The van der Waals surface area contributed by atoms with E-state index in [9.17, 15) is 17.6 Å². The number of hydrogen-bond donors (Lipinski definition) is 1. The van der Waals surface area contributed by atoms with Crippen molar-refractivity contribution in [2.45, 2.75) is 26.3 Å². The maximum Gasteiger partial charge on any atom is 0.248 e. The van der Waals surface area contributed by atoms with Crippen LogP contribution in [0.2, 0.25) is 0 Å². The Kier molecular flexibility index (Phi) is 6.62. The largest absolute Gasteiger partial charge is 0.324 e. The van der Waals surface area contributed by atoms with Gasteiger partial charge in [-0.1, -0.05) is 6.92 Å². The Hall–Kier alpha value is -1.68. The third-order valence-electron chi connectivity index (χ3n) is 3.86. The first-order chi connectivity index (χ1) is 12.1. The molecular formula is C18H20FIN2O3S. The van der Waals surface area contributed by atoms with Crippen LogP contribution in [0.3, 0.4) is 0 Å². The van der Waals surface area contributed by atoms with E-state index < -0.39 is 27.8 Å². The molecular weight excluding hydrogens is 470 g/mol. The number of halogens is 2. The first-order valence-corrected chi connectivity index (χ1v) is 10.9. The lowest BCUT2D eigenvalue weighted by atomic mass is 10.1. The van der Waals surface area contributed by atoms with Gasteiger partial charge in [0.1, 0.15) is 11.9 Å². The van der Waals surface area contributed by atoms with Gasteiger partial charge in [-0.15, -0.1) is 0 Å². The molecule has 2 rings (SSSR count). The van der Waals surface area contributed by atoms with E-state index in [4.69, 9.17) is 0 Å². The van der Waals surface area contributed by atoms with Crippen molar-refractivity contribution in [2.75, 3.05) is 15.9 Å². The van der Waals surface area contributed by atoms with Crippen molar-refractivity contribution in [3.05, 3.63) is 57.4 Å². The molecule has 0 heterocycles. The zero-order valence-electron chi connectivity index (χ0n) is 14.7. The minimum Gasteiger partial charge on any atom is -0.324 e. The molecule has 0 saturated heterocycles. The molecule has 0 aliphatic rings. The normalized spacial score (nSPS) is 12.5. The molecule has 2 aromatic carbocycles. The van der Waals surface area contributed by atoms with Crippen molar-refractivity contribution in [1.29, 1.82) is 0 Å². The maximum atomic E-state index is 13.2. The maximum absolute atomic E-state index is 13.2. The number of nitrogens with zero attached hydrogens (tertiary/aromatic N) is 1. The Morgan fingerprint density at radius 3 is 2.35 bits per heavy atom. The fraction of sp³-hybridized carbons (Fsp3) is 0.278. The quantitative estimate of drug-likeness (QED) is 0.625. The summed E-state index contributed by atoms with van der Waals surface area (Å²) in [7, 11) is -3.75. The van der Waals surface area contributed by atoms with E-state index in [-0.39, 0.29) is 12.1 Å². The first-order valence-electron chi connectivity index (χ1n) is 7.95. The number of carbonyl (C=O) groups excluding carboxylic acids is 1. The Morgan fingerprint density at radius 1 is 1.23 bits per heavy atom. The van der Waals surface area contributed by atoms with Gasteiger partial charge in [-0.25, -0.2) is 12.8 Å². The summed E-state index contributed by atoms with van der Waals surface area (Å²) in [5.41, 5.74) is 1.75. The van der Waals surface area contributed by atoms with Crippen LogP contribution in [-0.4, -0.2) is 26.6 Å². The Morgan fingerprint density at radius 2 is 1.85 bits per heavy atom. The highest BCUT2D eigenvalue weighted by molar-refractivity contribution is 14.1. The summed E-state index contributed by atoms with van der Waals surface area (Å²) in [6.45, 7) is 3.60. The van der Waals surface area contributed by atoms with Gasteiger partial charge in [0.05, 0.1) is 11.9 Å². The van der Waals surface area contributed by atoms with Crippen LogP contribution in [-0.2, 0) is 14.8 Å². The molecule has 1 N–H and O–H groups in total. The number of rotatable bonds is 6. The van der Waals surface area contributed by atoms with Crippen LogP contribution >= 0.6 is 22.6 Å². The lowest BCUT2D eigenvalue weighted by Crippen LogP contribution is -2.47. The number of nitrogens with one attached hydrogen (secondary N) is 1. The van der Waals surface area contributed by atoms with E-state index in [0.29, 0.717) is 5.69 Å². The van der Waals surface area contributed by atoms with Crippen molar-refractivity contribution < 1.29 is 17.6 Å². The molecule has 8 heteroatoms. The van der Waals surface area contributed by atoms with Gasteiger partial charge in [-0.3, -0.25) is 9.10 Å². The average molecular weight is 490 g/mol. The summed E-state index contributed by atoms with van der Waals surface area (Å²) in [6.07, 6.45) is 1.29. The number of aryl methyl sites for hydroxylation is 1. The smallest absolute Gasteiger partial charge is 0.248 e. The second-order valence-electron chi connectivity index (χ2n) is 5.91. The topological polar surface area (TPSA) is 66.5 Å². The molecule has 0 unspecified atom stereocenters. The number of amides is 1. The Bertz CT molecular complexity index is 901. The zero-order valence-corrected chi connectivity index (χ0v) is 17.6. The van der Waals surface area contributed by atoms with Crippen LogP contribution in [0.1, 0.15) is 18.9 Å². The summed E-state index contributed by atoms with van der Waals surface area (Å²) in [5, 5.41) is 2.80. The highest BCUT2D eigenvalue weighted by atomic mass is 127. The molecule has 0 aliphatic heterocycles. The molecule has 2 aromatic rings. The number of carbonyl (C=O) groups is 1. The van der Waals surface area contributed by atoms with E-state index in [1.165, 1.54) is 24.3 Å². The molecule has 0 aliphatic carbocycles. The predicted octanol–water partition coefficient (Wildman–Crippen LogP) is 3.92. The minimum atomic E-state index is -3.75. The standard InChI is InChI=1S/C18H20FIN2O3S/c1-4-17(18(23)21-16-10-7-14(20)11-12(16)2)22(26(3,24)25)15-8-5-13(19)6-9-15/h5-11,17H,4H2,1-3H3,(H,21,23)/t17-/m0/s1. The van der Waals surface area contributed by atoms with Crippen LogP contribution in [0.5, 0.6) is 0 Å². The van der Waals surface area contributed by atoms with Crippen molar-refractivity contribution >= 4 is 49.9 Å². The van der Waals surface area contributed by atoms with E-state index in [2.05, 4.69) is 27.9 Å². The number of sulfonamides is 1. The van der Waals surface area contributed by atoms with E-state index >= 15 is 0 Å². The minimum absolute atomic E-state index is 0.246. The Labute approximate surface area is 166 Å². The van der Waals surface area contributed by atoms with Crippen LogP contribution in [0.25, 0.3) is 0 Å². The number of anilines is 2. The average Bonchev–Trinajstić information content (AvgIpc) is 2.55. The van der Waals surface area contributed by atoms with Gasteiger partial charge in [0.15, 0.2) is 0 Å². The first kappa shape index (κ1) is 20.6. The summed E-state index contributed by atoms with van der Waals surface area (Å²) < 4.78 is 39.9. The molecule has 26 heavy (non-hydrogen) atoms. The molecule has 0 saturated carbocycles. The summed E-state index contributed by atoms with van der Waals surface area (Å²) >= 11 is 2.18. The second-order valence-corrected chi connectivity index (χ2v) is 9.01. The number of benzene rings is 2. The molecule has 0 bridgehead atoms. The molecule has 0 radical (unpaired) electrons. The fourth-order valence-electron chi connectivity index (χ4n) is 2.63. The van der Waals surface area contributed by atoms with Gasteiger partial charge in [-0.2, -0.15) is 0 Å². The van der Waals surface area contributed by atoms with Crippen LogP contribution in [0.15, 0.2) is 42.5 Å². The van der Waals surface area contributed by atoms with Gasteiger partial charge in [0.2, 0.25) is 15.9 Å². The third-order valence-corrected chi connectivity index (χ3v) is 5.71. The third kappa shape index (κ3) is 4.94. The summed E-state index contributed by atoms with van der Waals surface area (Å²) in [5.74, 6) is -0.916. The van der Waals surface area contributed by atoms with Crippen molar-refractivity contribution in [2.24, 2.45) is 0 Å². The summed E-state index contributed by atoms with van der Waals surface area (Å²) in [4.78, 5) is 12.8. The lowest BCUT2D eigenvalue weighted by Gasteiger charge is -2.30.